The van der Waals surface area contributed by atoms with Gasteiger partial charge >= 0.3 is 0 Å². The Balaban J connectivity index is 1.42. The van der Waals surface area contributed by atoms with Crippen molar-refractivity contribution in [2.24, 2.45) is 0 Å². The zero-order valence-electron chi connectivity index (χ0n) is 20.7. The first-order valence-corrected chi connectivity index (χ1v) is 13.5. The molecule has 2 aliphatic rings. The van der Waals surface area contributed by atoms with Crippen molar-refractivity contribution < 1.29 is 0 Å². The lowest BCUT2D eigenvalue weighted by molar-refractivity contribution is 0.360. The van der Waals surface area contributed by atoms with E-state index < -0.39 is 0 Å². The summed E-state index contributed by atoms with van der Waals surface area (Å²) in [6.45, 7) is 5.37. The van der Waals surface area contributed by atoms with Crippen molar-refractivity contribution in [2.45, 2.75) is 83.2 Å². The Kier molecular flexibility index (Phi) is 7.64. The summed E-state index contributed by atoms with van der Waals surface area (Å²) >= 11 is 0. The van der Waals surface area contributed by atoms with E-state index in [4.69, 9.17) is 4.98 Å². The van der Waals surface area contributed by atoms with E-state index in [1.165, 1.54) is 74.6 Å². The van der Waals surface area contributed by atoms with Gasteiger partial charge in [-0.2, -0.15) is 4.98 Å². The number of hydrogen-bond acceptors (Lipinski definition) is 5. The van der Waals surface area contributed by atoms with Crippen LogP contribution in [0.25, 0.3) is 22.2 Å². The normalized spacial score (nSPS) is 19.7. The van der Waals surface area contributed by atoms with Gasteiger partial charge in [0.2, 0.25) is 5.95 Å². The van der Waals surface area contributed by atoms with Gasteiger partial charge in [0, 0.05) is 47.7 Å². The van der Waals surface area contributed by atoms with Crippen molar-refractivity contribution in [1.82, 2.24) is 19.9 Å². The van der Waals surface area contributed by atoms with Crippen LogP contribution < -0.4 is 16.0 Å². The lowest BCUT2D eigenvalue weighted by atomic mass is 9.95. The molecule has 1 saturated heterocycles. The van der Waals surface area contributed by atoms with E-state index in [1.807, 2.05) is 6.20 Å². The van der Waals surface area contributed by atoms with Gasteiger partial charge in [-0.3, -0.25) is 0 Å². The number of hydrogen-bond donors (Lipinski definition) is 3. The van der Waals surface area contributed by atoms with Crippen molar-refractivity contribution in [3.8, 4) is 11.1 Å². The van der Waals surface area contributed by atoms with Crippen LogP contribution in [0.3, 0.4) is 0 Å². The Labute approximate surface area is 204 Å². The smallest absolute Gasteiger partial charge is 0.224 e. The molecule has 0 amide bonds. The number of anilines is 2. The molecular formula is C28H40N6. The second-order valence-electron chi connectivity index (χ2n) is 10.1. The molecule has 1 aromatic carbocycles. The highest BCUT2D eigenvalue weighted by atomic mass is 15.2. The molecule has 0 radical (unpaired) electrons. The molecule has 3 heterocycles. The van der Waals surface area contributed by atoms with Crippen LogP contribution >= 0.6 is 0 Å². The highest BCUT2D eigenvalue weighted by molar-refractivity contribution is 5.94. The third-order valence-corrected chi connectivity index (χ3v) is 7.50. The molecule has 0 spiro atoms. The molecule has 3 N–H and O–H groups in total. The van der Waals surface area contributed by atoms with Crippen LogP contribution in [0.2, 0.25) is 0 Å². The van der Waals surface area contributed by atoms with Crippen LogP contribution in [0.15, 0.2) is 36.7 Å². The van der Waals surface area contributed by atoms with Crippen LogP contribution in [-0.2, 0) is 0 Å². The van der Waals surface area contributed by atoms with Crippen LogP contribution in [0, 0.1) is 0 Å². The number of unbranched alkanes of at least 4 members (excludes halogenated alkanes) is 1. The lowest BCUT2D eigenvalue weighted by Gasteiger charge is -2.23. The molecule has 1 aliphatic heterocycles. The van der Waals surface area contributed by atoms with Crippen molar-refractivity contribution >= 4 is 22.7 Å². The summed E-state index contributed by atoms with van der Waals surface area (Å²) < 4.78 is 2.45. The molecule has 2 aromatic heterocycles. The van der Waals surface area contributed by atoms with Gasteiger partial charge in [-0.1, -0.05) is 44.7 Å². The van der Waals surface area contributed by atoms with Gasteiger partial charge in [0.15, 0.2) is 0 Å². The van der Waals surface area contributed by atoms with Crippen LogP contribution in [0.4, 0.5) is 11.6 Å². The van der Waals surface area contributed by atoms with Gasteiger partial charge < -0.3 is 20.5 Å². The van der Waals surface area contributed by atoms with E-state index in [2.05, 4.69) is 62.9 Å². The molecule has 6 heteroatoms. The number of nitrogens with one attached hydrogen (secondary N) is 3. The van der Waals surface area contributed by atoms with Gasteiger partial charge in [0.1, 0.15) is 5.65 Å². The summed E-state index contributed by atoms with van der Waals surface area (Å²) in [6, 6.07) is 10.1. The van der Waals surface area contributed by atoms with E-state index in [-0.39, 0.29) is 0 Å². The zero-order chi connectivity index (χ0) is 23.2. The summed E-state index contributed by atoms with van der Waals surface area (Å²) in [7, 11) is 0. The number of aromatic nitrogens is 3. The summed E-state index contributed by atoms with van der Waals surface area (Å²) in [6.07, 6.45) is 16.8. The van der Waals surface area contributed by atoms with Crippen LogP contribution in [0.5, 0.6) is 0 Å². The first-order chi connectivity index (χ1) is 16.8. The molecule has 1 saturated carbocycles. The molecule has 1 unspecified atom stereocenters. The van der Waals surface area contributed by atoms with E-state index in [1.54, 1.807) is 0 Å². The number of benzene rings is 1. The highest BCUT2D eigenvalue weighted by Gasteiger charge is 2.21. The Morgan fingerprint density at radius 1 is 1.00 bits per heavy atom. The number of nitrogens with zero attached hydrogens (tertiary/aromatic N) is 3. The third-order valence-electron chi connectivity index (χ3n) is 7.50. The predicted octanol–water partition coefficient (Wildman–Crippen LogP) is 6.37. The van der Waals surface area contributed by atoms with Gasteiger partial charge in [0.05, 0.1) is 0 Å². The third kappa shape index (κ3) is 5.38. The molecule has 3 aromatic rings. The molecule has 34 heavy (non-hydrogen) atoms. The maximum atomic E-state index is 4.99. The van der Waals surface area contributed by atoms with Crippen molar-refractivity contribution in [1.29, 1.82) is 0 Å². The topological polar surface area (TPSA) is 66.8 Å². The molecular weight excluding hydrogens is 420 g/mol. The lowest BCUT2D eigenvalue weighted by Crippen LogP contribution is -2.21. The highest BCUT2D eigenvalue weighted by Crippen LogP contribution is 2.37. The fourth-order valence-corrected chi connectivity index (χ4v) is 5.50. The SMILES string of the molecule is CCCCNc1ncc2c(-c3ccc(NC4CCCNCC4)cc3)cn(C3CCCCC3)c2n1. The fraction of sp³-hybridized carbons (Fsp3) is 0.571. The molecule has 6 nitrogen and oxygen atoms in total. The van der Waals surface area contributed by atoms with E-state index in [0.29, 0.717) is 12.1 Å². The van der Waals surface area contributed by atoms with Crippen molar-refractivity contribution in [3.05, 3.63) is 36.7 Å². The van der Waals surface area contributed by atoms with E-state index >= 15 is 0 Å². The summed E-state index contributed by atoms with van der Waals surface area (Å²) in [5.41, 5.74) is 4.77. The minimum Gasteiger partial charge on any atom is -0.382 e. The Morgan fingerprint density at radius 2 is 1.85 bits per heavy atom. The first kappa shape index (κ1) is 23.2. The minimum atomic E-state index is 0.535. The first-order valence-electron chi connectivity index (χ1n) is 13.5. The monoisotopic (exact) mass is 460 g/mol. The quantitative estimate of drug-likeness (QED) is 0.341. The molecule has 5 rings (SSSR count). The van der Waals surface area contributed by atoms with E-state index in [9.17, 15) is 0 Å². The maximum absolute atomic E-state index is 4.99. The average molecular weight is 461 g/mol. The van der Waals surface area contributed by atoms with Crippen LogP contribution in [-0.4, -0.2) is 40.2 Å². The van der Waals surface area contributed by atoms with Gasteiger partial charge in [-0.15, -0.1) is 0 Å². The molecule has 182 valence electrons. The summed E-state index contributed by atoms with van der Waals surface area (Å²) in [5.74, 6) is 0.750. The molecule has 0 bridgehead atoms. The average Bonchev–Trinajstić information content (AvgIpc) is 3.06. The van der Waals surface area contributed by atoms with Gasteiger partial charge in [0.25, 0.3) is 0 Å². The van der Waals surface area contributed by atoms with Crippen LogP contribution in [0.1, 0.15) is 77.2 Å². The zero-order valence-corrected chi connectivity index (χ0v) is 20.7. The molecule has 2 fully saturated rings. The second kappa shape index (κ2) is 11.2. The van der Waals surface area contributed by atoms with E-state index in [0.717, 1.165) is 43.0 Å². The van der Waals surface area contributed by atoms with Crippen molar-refractivity contribution in [3.63, 3.8) is 0 Å². The standard InChI is InChI=1S/C28H40N6/c1-2-3-17-30-28-31-19-25-26(20-34(27(25)33-28)24-9-5-4-6-10-24)21-11-13-23(14-12-21)32-22-8-7-16-29-18-15-22/h11-14,19-20,22,24,29,32H,2-10,15-18H2,1H3,(H,30,31,33). The van der Waals surface area contributed by atoms with Gasteiger partial charge in [-0.25, -0.2) is 4.98 Å². The summed E-state index contributed by atoms with van der Waals surface area (Å²) in [4.78, 5) is 9.67. The Bertz CT molecular complexity index is 1040. The fourth-order valence-electron chi connectivity index (χ4n) is 5.50. The predicted molar refractivity (Wildman–Crippen MR) is 143 cm³/mol. The second-order valence-corrected chi connectivity index (χ2v) is 10.1. The largest absolute Gasteiger partial charge is 0.382 e. The molecule has 1 atom stereocenters. The Hall–Kier alpha value is -2.60. The van der Waals surface area contributed by atoms with Crippen molar-refractivity contribution in [2.75, 3.05) is 30.3 Å². The maximum Gasteiger partial charge on any atom is 0.224 e. The Morgan fingerprint density at radius 3 is 2.68 bits per heavy atom. The summed E-state index contributed by atoms with van der Waals surface area (Å²) in [5, 5.41) is 11.8. The number of fused-ring (bicyclic) bond motifs is 1. The number of rotatable bonds is 8. The minimum absolute atomic E-state index is 0.535. The van der Waals surface area contributed by atoms with Gasteiger partial charge in [-0.05, 0) is 69.3 Å². The molecule has 1 aliphatic carbocycles.